The number of ether oxygens (including phenoxy) is 1. The lowest BCUT2D eigenvalue weighted by atomic mass is 9.96. The van der Waals surface area contributed by atoms with E-state index in [4.69, 9.17) is 16.3 Å². The van der Waals surface area contributed by atoms with E-state index in [1.807, 2.05) is 0 Å². The minimum Gasteiger partial charge on any atom is -0.495 e. The van der Waals surface area contributed by atoms with E-state index >= 15 is 0 Å². The van der Waals surface area contributed by atoms with Crippen molar-refractivity contribution in [3.8, 4) is 5.75 Å². The fourth-order valence-corrected chi connectivity index (χ4v) is 3.62. The Balaban J connectivity index is 1.49. The average Bonchev–Trinajstić information content (AvgIpc) is 2.74. The molecule has 3 amide bonds. The van der Waals surface area contributed by atoms with Crippen LogP contribution in [0.1, 0.15) is 23.2 Å². The maximum atomic E-state index is 12.6. The highest BCUT2D eigenvalue weighted by atomic mass is 35.5. The zero-order chi connectivity index (χ0) is 21.7. The summed E-state index contributed by atoms with van der Waals surface area (Å²) in [5.41, 5.74) is 0.387. The smallest absolute Gasteiger partial charge is 0.319 e. The molecule has 2 aromatic rings. The molecule has 30 heavy (non-hydrogen) atoms. The number of rotatable bonds is 5. The Morgan fingerprint density at radius 3 is 2.67 bits per heavy atom. The van der Waals surface area contributed by atoms with Gasteiger partial charge in [0.15, 0.2) is 0 Å². The summed E-state index contributed by atoms with van der Waals surface area (Å²) < 4.78 is 6.62. The topological polar surface area (TPSA) is 92.7 Å². The molecule has 8 nitrogen and oxygen atoms in total. The standard InChI is InChI=1S/C21H25ClN4O4/c1-25-9-3-4-16(19(25)27)20(28)26-10-7-14(8-11-26)13-23-21(29)24-17-12-15(22)5-6-18(17)30-2/h3-6,9,12,14H,7-8,10-11,13H2,1-2H3,(H2,23,24,29). The van der Waals surface area contributed by atoms with Crippen LogP contribution in [-0.2, 0) is 7.05 Å². The quantitative estimate of drug-likeness (QED) is 0.759. The van der Waals surface area contributed by atoms with Gasteiger partial charge in [0.1, 0.15) is 11.3 Å². The van der Waals surface area contributed by atoms with Crippen molar-refractivity contribution in [1.29, 1.82) is 0 Å². The molecule has 1 aliphatic rings. The van der Waals surface area contributed by atoms with Crippen molar-refractivity contribution in [2.45, 2.75) is 12.8 Å². The van der Waals surface area contributed by atoms with Crippen LogP contribution in [0, 0.1) is 5.92 Å². The van der Waals surface area contributed by atoms with Crippen molar-refractivity contribution in [3.05, 3.63) is 57.5 Å². The lowest BCUT2D eigenvalue weighted by Gasteiger charge is -2.32. The molecule has 1 fully saturated rings. The summed E-state index contributed by atoms with van der Waals surface area (Å²) in [4.78, 5) is 38.7. The highest BCUT2D eigenvalue weighted by molar-refractivity contribution is 6.31. The first-order valence-electron chi connectivity index (χ1n) is 9.72. The number of aryl methyl sites for hydroxylation is 1. The normalized spacial score (nSPS) is 14.3. The lowest BCUT2D eigenvalue weighted by molar-refractivity contribution is 0.0688. The predicted octanol–water partition coefficient (Wildman–Crippen LogP) is 2.72. The number of piperidine rings is 1. The van der Waals surface area contributed by atoms with Gasteiger partial charge in [-0.05, 0) is 49.1 Å². The van der Waals surface area contributed by atoms with E-state index in [0.717, 1.165) is 12.8 Å². The van der Waals surface area contributed by atoms with Crippen LogP contribution >= 0.6 is 11.6 Å². The largest absolute Gasteiger partial charge is 0.495 e. The molecule has 0 atom stereocenters. The van der Waals surface area contributed by atoms with Gasteiger partial charge in [0, 0.05) is 37.9 Å². The summed E-state index contributed by atoms with van der Waals surface area (Å²) >= 11 is 5.98. The minimum absolute atomic E-state index is 0.187. The molecule has 1 aromatic heterocycles. The van der Waals surface area contributed by atoms with Crippen LogP contribution in [0.3, 0.4) is 0 Å². The summed E-state index contributed by atoms with van der Waals surface area (Å²) in [5, 5.41) is 6.10. The fraction of sp³-hybridized carbons (Fsp3) is 0.381. The summed E-state index contributed by atoms with van der Waals surface area (Å²) in [6.45, 7) is 1.59. The molecule has 2 N–H and O–H groups in total. The highest BCUT2D eigenvalue weighted by Crippen LogP contribution is 2.27. The molecule has 3 rings (SSSR count). The lowest BCUT2D eigenvalue weighted by Crippen LogP contribution is -2.43. The predicted molar refractivity (Wildman–Crippen MR) is 115 cm³/mol. The minimum atomic E-state index is -0.346. The van der Waals surface area contributed by atoms with Gasteiger partial charge < -0.3 is 24.8 Å². The summed E-state index contributed by atoms with van der Waals surface area (Å²) in [5.74, 6) is 0.529. The van der Waals surface area contributed by atoms with E-state index < -0.39 is 0 Å². The number of hydrogen-bond donors (Lipinski definition) is 2. The number of carbonyl (C=O) groups excluding carboxylic acids is 2. The monoisotopic (exact) mass is 432 g/mol. The Labute approximate surface area is 179 Å². The number of methoxy groups -OCH3 is 1. The Kier molecular flexibility index (Phi) is 6.99. The van der Waals surface area contributed by atoms with E-state index in [2.05, 4.69) is 10.6 Å². The molecule has 0 bridgehead atoms. The fourth-order valence-electron chi connectivity index (χ4n) is 3.45. The Hall–Kier alpha value is -3.00. The Morgan fingerprint density at radius 2 is 1.97 bits per heavy atom. The number of benzene rings is 1. The molecule has 1 aromatic carbocycles. The molecule has 1 saturated heterocycles. The van der Waals surface area contributed by atoms with Crippen LogP contribution in [-0.4, -0.2) is 48.1 Å². The zero-order valence-corrected chi connectivity index (χ0v) is 17.7. The molecule has 9 heteroatoms. The van der Waals surface area contributed by atoms with Gasteiger partial charge in [-0.2, -0.15) is 0 Å². The number of aromatic nitrogens is 1. The van der Waals surface area contributed by atoms with Crippen LogP contribution < -0.4 is 20.9 Å². The number of carbonyl (C=O) groups is 2. The molecule has 0 unspecified atom stereocenters. The highest BCUT2D eigenvalue weighted by Gasteiger charge is 2.25. The number of amides is 3. The number of hydrogen-bond acceptors (Lipinski definition) is 4. The van der Waals surface area contributed by atoms with E-state index in [1.54, 1.807) is 48.5 Å². The molecule has 160 valence electrons. The van der Waals surface area contributed by atoms with E-state index in [9.17, 15) is 14.4 Å². The second-order valence-corrected chi connectivity index (χ2v) is 7.69. The molecule has 0 aliphatic carbocycles. The molecule has 2 heterocycles. The van der Waals surface area contributed by atoms with Gasteiger partial charge in [0.25, 0.3) is 11.5 Å². The molecule has 0 radical (unpaired) electrons. The van der Waals surface area contributed by atoms with Crippen LogP contribution in [0.2, 0.25) is 5.02 Å². The number of nitrogens with zero attached hydrogens (tertiary/aromatic N) is 2. The van der Waals surface area contributed by atoms with Gasteiger partial charge in [0.2, 0.25) is 0 Å². The summed E-state index contributed by atoms with van der Waals surface area (Å²) in [6, 6.07) is 7.90. The molecule has 0 saturated carbocycles. The molecule has 0 spiro atoms. The van der Waals surface area contributed by atoms with Crippen molar-refractivity contribution >= 4 is 29.2 Å². The number of anilines is 1. The third-order valence-electron chi connectivity index (χ3n) is 5.22. The molecular formula is C21H25ClN4O4. The van der Waals surface area contributed by atoms with E-state index in [1.165, 1.54) is 11.7 Å². The molecule has 1 aliphatic heterocycles. The Bertz CT molecular complexity index is 983. The number of urea groups is 1. The molecular weight excluding hydrogens is 408 g/mol. The van der Waals surface area contributed by atoms with Gasteiger partial charge in [-0.3, -0.25) is 9.59 Å². The first-order valence-corrected chi connectivity index (χ1v) is 10.1. The average molecular weight is 433 g/mol. The first-order chi connectivity index (χ1) is 14.4. The van der Waals surface area contributed by atoms with Gasteiger partial charge in [0.05, 0.1) is 12.8 Å². The van der Waals surface area contributed by atoms with Crippen molar-refractivity contribution < 1.29 is 14.3 Å². The third-order valence-corrected chi connectivity index (χ3v) is 5.45. The SMILES string of the molecule is COc1ccc(Cl)cc1NC(=O)NCC1CCN(C(=O)c2cccn(C)c2=O)CC1. The van der Waals surface area contributed by atoms with Crippen LogP contribution in [0.25, 0.3) is 0 Å². The number of likely N-dealkylation sites (tertiary alicyclic amines) is 1. The van der Waals surface area contributed by atoms with Crippen LogP contribution in [0.5, 0.6) is 5.75 Å². The van der Waals surface area contributed by atoms with Crippen molar-refractivity contribution in [3.63, 3.8) is 0 Å². The van der Waals surface area contributed by atoms with Gasteiger partial charge in [-0.1, -0.05) is 11.6 Å². The number of nitrogens with one attached hydrogen (secondary N) is 2. The summed E-state index contributed by atoms with van der Waals surface area (Å²) in [7, 11) is 3.15. The number of pyridine rings is 1. The first kappa shape index (κ1) is 21.7. The van der Waals surface area contributed by atoms with Gasteiger partial charge in [-0.25, -0.2) is 4.79 Å². The summed E-state index contributed by atoms with van der Waals surface area (Å²) in [6.07, 6.45) is 3.13. The van der Waals surface area contributed by atoms with E-state index in [-0.39, 0.29) is 29.0 Å². The van der Waals surface area contributed by atoms with Gasteiger partial charge >= 0.3 is 6.03 Å². The van der Waals surface area contributed by atoms with Crippen LogP contribution in [0.4, 0.5) is 10.5 Å². The maximum absolute atomic E-state index is 12.6. The van der Waals surface area contributed by atoms with Crippen molar-refractivity contribution in [2.75, 3.05) is 32.1 Å². The number of halogens is 1. The van der Waals surface area contributed by atoms with Crippen molar-refractivity contribution in [2.24, 2.45) is 13.0 Å². The second kappa shape index (κ2) is 9.67. The van der Waals surface area contributed by atoms with Crippen LogP contribution in [0.15, 0.2) is 41.3 Å². The van der Waals surface area contributed by atoms with Gasteiger partial charge in [-0.15, -0.1) is 0 Å². The Morgan fingerprint density at radius 1 is 1.23 bits per heavy atom. The maximum Gasteiger partial charge on any atom is 0.319 e. The zero-order valence-electron chi connectivity index (χ0n) is 17.0. The second-order valence-electron chi connectivity index (χ2n) is 7.25. The van der Waals surface area contributed by atoms with E-state index in [0.29, 0.717) is 36.1 Å². The third kappa shape index (κ3) is 5.13. The van der Waals surface area contributed by atoms with Crippen molar-refractivity contribution in [1.82, 2.24) is 14.8 Å².